The third-order valence-electron chi connectivity index (χ3n) is 2.19. The van der Waals surface area contributed by atoms with Crippen LogP contribution in [0, 0.1) is 0 Å². The summed E-state index contributed by atoms with van der Waals surface area (Å²) in [6.07, 6.45) is 0. The minimum Gasteiger partial charge on any atom is -0.508 e. The fraction of sp³-hybridized carbons (Fsp3) is 0.0769. The van der Waals surface area contributed by atoms with E-state index in [1.54, 1.807) is 36.4 Å². The third-order valence-corrected chi connectivity index (χ3v) is 2.42. The molecule has 0 aliphatic heterocycles. The molecule has 0 saturated carbocycles. The summed E-state index contributed by atoms with van der Waals surface area (Å²) in [7, 11) is 0. The van der Waals surface area contributed by atoms with Gasteiger partial charge in [-0.25, -0.2) is 0 Å². The quantitative estimate of drug-likeness (QED) is 0.814. The van der Waals surface area contributed by atoms with Crippen molar-refractivity contribution < 1.29 is 9.94 Å². The topological polar surface area (TPSA) is 41.5 Å². The molecule has 0 aromatic heterocycles. The SMILES string of the molecule is Oc1ccc(CONc2cccc(Cl)c2)cc1. The second-order valence-corrected chi connectivity index (χ2v) is 4.00. The maximum absolute atomic E-state index is 9.12. The molecule has 2 N–H and O–H groups in total. The lowest BCUT2D eigenvalue weighted by atomic mass is 10.2. The van der Waals surface area contributed by atoms with Crippen LogP contribution in [0.25, 0.3) is 0 Å². The van der Waals surface area contributed by atoms with E-state index in [1.165, 1.54) is 0 Å². The van der Waals surface area contributed by atoms with Gasteiger partial charge < -0.3 is 5.11 Å². The Kier molecular flexibility index (Phi) is 3.85. The molecule has 3 nitrogen and oxygen atoms in total. The molecule has 0 unspecified atom stereocenters. The van der Waals surface area contributed by atoms with Crippen molar-refractivity contribution in [2.75, 3.05) is 5.48 Å². The van der Waals surface area contributed by atoms with E-state index in [1.807, 2.05) is 12.1 Å². The summed E-state index contributed by atoms with van der Waals surface area (Å²) in [6.45, 7) is 0.410. The third kappa shape index (κ3) is 3.66. The highest BCUT2D eigenvalue weighted by Gasteiger charge is 1.95. The first-order valence-electron chi connectivity index (χ1n) is 5.15. The van der Waals surface area contributed by atoms with E-state index in [0.717, 1.165) is 11.3 Å². The first kappa shape index (κ1) is 11.8. The van der Waals surface area contributed by atoms with Crippen molar-refractivity contribution in [2.45, 2.75) is 6.61 Å². The molecule has 0 saturated heterocycles. The average molecular weight is 250 g/mol. The van der Waals surface area contributed by atoms with E-state index in [9.17, 15) is 0 Å². The van der Waals surface area contributed by atoms with Gasteiger partial charge in [0, 0.05) is 5.02 Å². The predicted molar refractivity (Wildman–Crippen MR) is 68.0 cm³/mol. The van der Waals surface area contributed by atoms with Crippen molar-refractivity contribution in [3.63, 3.8) is 0 Å². The molecular formula is C13H12ClNO2. The Hall–Kier alpha value is -1.71. The van der Waals surface area contributed by atoms with Crippen LogP contribution in [0.3, 0.4) is 0 Å². The zero-order chi connectivity index (χ0) is 12.1. The zero-order valence-electron chi connectivity index (χ0n) is 9.06. The Labute approximate surface area is 105 Å². The molecule has 0 heterocycles. The Balaban J connectivity index is 1.85. The Morgan fingerprint density at radius 1 is 1.12 bits per heavy atom. The maximum atomic E-state index is 9.12. The molecule has 0 amide bonds. The molecule has 0 bridgehead atoms. The molecule has 0 fully saturated rings. The summed E-state index contributed by atoms with van der Waals surface area (Å²) in [5.41, 5.74) is 4.57. The van der Waals surface area contributed by atoms with Crippen LogP contribution in [0.5, 0.6) is 5.75 Å². The first-order chi connectivity index (χ1) is 8.24. The minimum atomic E-state index is 0.247. The number of phenols is 1. The number of phenolic OH excluding ortho intramolecular Hbond substituents is 1. The smallest absolute Gasteiger partial charge is 0.115 e. The average Bonchev–Trinajstić information content (AvgIpc) is 2.32. The lowest BCUT2D eigenvalue weighted by Crippen LogP contribution is -2.01. The molecule has 2 rings (SSSR count). The minimum absolute atomic E-state index is 0.247. The van der Waals surface area contributed by atoms with Crippen LogP contribution in [0.1, 0.15) is 5.56 Å². The van der Waals surface area contributed by atoms with Gasteiger partial charge in [-0.1, -0.05) is 29.8 Å². The molecule has 0 aliphatic carbocycles. The number of anilines is 1. The molecule has 0 radical (unpaired) electrons. The van der Waals surface area contributed by atoms with Gasteiger partial charge in [0.1, 0.15) is 5.75 Å². The van der Waals surface area contributed by atoms with Gasteiger partial charge in [-0.2, -0.15) is 0 Å². The molecule has 2 aromatic rings. The number of benzene rings is 2. The summed E-state index contributed by atoms with van der Waals surface area (Å²) in [6, 6.07) is 14.1. The summed E-state index contributed by atoms with van der Waals surface area (Å²) >= 11 is 5.83. The lowest BCUT2D eigenvalue weighted by Gasteiger charge is -2.07. The maximum Gasteiger partial charge on any atom is 0.115 e. The normalized spacial score (nSPS) is 10.2. The van der Waals surface area contributed by atoms with Gasteiger partial charge in [0.2, 0.25) is 0 Å². The monoisotopic (exact) mass is 249 g/mol. The number of aromatic hydroxyl groups is 1. The van der Waals surface area contributed by atoms with Crippen molar-refractivity contribution in [2.24, 2.45) is 0 Å². The summed E-state index contributed by atoms with van der Waals surface area (Å²) in [5.74, 6) is 0.247. The van der Waals surface area contributed by atoms with Crippen LogP contribution < -0.4 is 5.48 Å². The van der Waals surface area contributed by atoms with Crippen molar-refractivity contribution in [1.29, 1.82) is 0 Å². The fourth-order valence-corrected chi connectivity index (χ4v) is 1.54. The van der Waals surface area contributed by atoms with Gasteiger partial charge in [0.15, 0.2) is 0 Å². The standard InChI is InChI=1S/C13H12ClNO2/c14-11-2-1-3-12(8-11)15-17-9-10-4-6-13(16)7-5-10/h1-8,15-16H,9H2. The highest BCUT2D eigenvalue weighted by atomic mass is 35.5. The molecule has 0 aliphatic rings. The van der Waals surface area contributed by atoms with E-state index < -0.39 is 0 Å². The highest BCUT2D eigenvalue weighted by molar-refractivity contribution is 6.30. The van der Waals surface area contributed by atoms with Gasteiger partial charge in [-0.3, -0.25) is 10.3 Å². The number of halogens is 1. The zero-order valence-corrected chi connectivity index (χ0v) is 9.82. The van der Waals surface area contributed by atoms with Crippen LogP contribution in [0.15, 0.2) is 48.5 Å². The van der Waals surface area contributed by atoms with Crippen molar-refractivity contribution in [3.05, 3.63) is 59.1 Å². The molecule has 17 heavy (non-hydrogen) atoms. The van der Waals surface area contributed by atoms with Gasteiger partial charge >= 0.3 is 0 Å². The predicted octanol–water partition coefficient (Wildman–Crippen LogP) is 3.59. The van der Waals surface area contributed by atoms with Crippen LogP contribution >= 0.6 is 11.6 Å². The molecule has 0 spiro atoms. The Bertz CT molecular complexity index is 485. The van der Waals surface area contributed by atoms with Crippen LogP contribution in [-0.2, 0) is 11.4 Å². The lowest BCUT2D eigenvalue weighted by molar-refractivity contribution is 0.180. The van der Waals surface area contributed by atoms with E-state index >= 15 is 0 Å². The Morgan fingerprint density at radius 3 is 2.59 bits per heavy atom. The van der Waals surface area contributed by atoms with E-state index in [4.69, 9.17) is 21.5 Å². The van der Waals surface area contributed by atoms with Crippen molar-refractivity contribution in [3.8, 4) is 5.75 Å². The number of hydrogen-bond donors (Lipinski definition) is 2. The molecule has 4 heteroatoms. The van der Waals surface area contributed by atoms with Gasteiger partial charge in [-0.05, 0) is 35.9 Å². The highest BCUT2D eigenvalue weighted by Crippen LogP contribution is 2.15. The van der Waals surface area contributed by atoms with Crippen LogP contribution in [0.4, 0.5) is 5.69 Å². The van der Waals surface area contributed by atoms with Crippen molar-refractivity contribution in [1.82, 2.24) is 0 Å². The molecule has 2 aromatic carbocycles. The number of nitrogens with one attached hydrogen (secondary N) is 1. The van der Waals surface area contributed by atoms with E-state index in [2.05, 4.69) is 5.48 Å². The van der Waals surface area contributed by atoms with Crippen LogP contribution in [-0.4, -0.2) is 5.11 Å². The van der Waals surface area contributed by atoms with Gasteiger partial charge in [0.05, 0.1) is 12.3 Å². The second-order valence-electron chi connectivity index (χ2n) is 3.57. The summed E-state index contributed by atoms with van der Waals surface area (Å²) < 4.78 is 0. The van der Waals surface area contributed by atoms with Gasteiger partial charge in [0.25, 0.3) is 0 Å². The molecular weight excluding hydrogens is 238 g/mol. The van der Waals surface area contributed by atoms with Crippen LogP contribution in [0.2, 0.25) is 5.02 Å². The first-order valence-corrected chi connectivity index (χ1v) is 5.53. The van der Waals surface area contributed by atoms with Crippen molar-refractivity contribution >= 4 is 17.3 Å². The van der Waals surface area contributed by atoms with E-state index in [-0.39, 0.29) is 5.75 Å². The summed E-state index contributed by atoms with van der Waals surface area (Å²) in [4.78, 5) is 5.31. The molecule has 88 valence electrons. The summed E-state index contributed by atoms with van der Waals surface area (Å²) in [5, 5.41) is 9.78. The molecule has 0 atom stereocenters. The largest absolute Gasteiger partial charge is 0.508 e. The Morgan fingerprint density at radius 2 is 1.88 bits per heavy atom. The fourth-order valence-electron chi connectivity index (χ4n) is 1.35. The number of rotatable bonds is 4. The second kappa shape index (κ2) is 5.57. The van der Waals surface area contributed by atoms with Gasteiger partial charge in [-0.15, -0.1) is 0 Å². The number of hydrogen-bond acceptors (Lipinski definition) is 3. The van der Waals surface area contributed by atoms with E-state index in [0.29, 0.717) is 11.6 Å².